The van der Waals surface area contributed by atoms with E-state index in [9.17, 15) is 13.2 Å². The first-order valence-corrected chi connectivity index (χ1v) is 7.47. The highest BCUT2D eigenvalue weighted by atomic mass is 32.2. The van der Waals surface area contributed by atoms with Crippen LogP contribution in [0.25, 0.3) is 0 Å². The van der Waals surface area contributed by atoms with Crippen molar-refractivity contribution >= 4 is 11.8 Å². The molecule has 20 heavy (non-hydrogen) atoms. The van der Waals surface area contributed by atoms with Crippen LogP contribution in [-0.2, 0) is 6.54 Å². The van der Waals surface area contributed by atoms with Crippen LogP contribution in [0.15, 0.2) is 29.2 Å². The highest BCUT2D eigenvalue weighted by molar-refractivity contribution is 8.00. The lowest BCUT2D eigenvalue weighted by atomic mass is 9.81. The molecule has 0 aliphatic carbocycles. The quantitative estimate of drug-likeness (QED) is 0.736. The molecule has 0 aliphatic rings. The third-order valence-electron chi connectivity index (χ3n) is 3.63. The summed E-state index contributed by atoms with van der Waals surface area (Å²) >= 11 is -0.0790. The summed E-state index contributed by atoms with van der Waals surface area (Å²) < 4.78 is 36.6. The van der Waals surface area contributed by atoms with Gasteiger partial charge in [-0.2, -0.15) is 13.2 Å². The van der Waals surface area contributed by atoms with Gasteiger partial charge in [0.15, 0.2) is 0 Å². The molecule has 0 atom stereocenters. The molecule has 114 valence electrons. The SMILES string of the molecule is CC(C)C(C)(C)CNCc1ccc(SC(F)(F)F)cc1. The van der Waals surface area contributed by atoms with Gasteiger partial charge in [-0.25, -0.2) is 0 Å². The fourth-order valence-corrected chi connectivity index (χ4v) is 2.08. The summed E-state index contributed by atoms with van der Waals surface area (Å²) in [5, 5.41) is 3.36. The molecule has 1 N–H and O–H groups in total. The van der Waals surface area contributed by atoms with Crippen molar-refractivity contribution in [2.24, 2.45) is 11.3 Å². The number of alkyl halides is 3. The molecule has 0 amide bonds. The van der Waals surface area contributed by atoms with Crippen LogP contribution in [-0.4, -0.2) is 12.1 Å². The van der Waals surface area contributed by atoms with Crippen LogP contribution in [0.1, 0.15) is 33.3 Å². The predicted octanol–water partition coefficient (Wildman–Crippen LogP) is 5.07. The highest BCUT2D eigenvalue weighted by Gasteiger charge is 2.29. The zero-order valence-electron chi connectivity index (χ0n) is 12.3. The second-order valence-corrected chi connectivity index (χ2v) is 7.08. The summed E-state index contributed by atoms with van der Waals surface area (Å²) in [7, 11) is 0. The van der Waals surface area contributed by atoms with E-state index < -0.39 is 5.51 Å². The molecule has 0 unspecified atom stereocenters. The summed E-state index contributed by atoms with van der Waals surface area (Å²) in [5.41, 5.74) is -3.02. The lowest BCUT2D eigenvalue weighted by Crippen LogP contribution is -2.33. The maximum atomic E-state index is 12.2. The Morgan fingerprint density at radius 2 is 1.65 bits per heavy atom. The molecule has 1 nitrogen and oxygen atoms in total. The topological polar surface area (TPSA) is 12.0 Å². The Morgan fingerprint density at radius 3 is 2.10 bits per heavy atom. The van der Waals surface area contributed by atoms with Crippen molar-refractivity contribution in [1.82, 2.24) is 5.32 Å². The first kappa shape index (κ1) is 17.4. The average Bonchev–Trinajstić information content (AvgIpc) is 2.29. The first-order chi connectivity index (χ1) is 9.10. The van der Waals surface area contributed by atoms with Gasteiger partial charge in [0.05, 0.1) is 0 Å². The van der Waals surface area contributed by atoms with Gasteiger partial charge < -0.3 is 5.32 Å². The molecule has 0 saturated carbocycles. The largest absolute Gasteiger partial charge is 0.446 e. The van der Waals surface area contributed by atoms with Crippen LogP contribution >= 0.6 is 11.8 Å². The number of rotatable bonds is 6. The predicted molar refractivity (Wildman–Crippen MR) is 78.7 cm³/mol. The summed E-state index contributed by atoms with van der Waals surface area (Å²) in [6.45, 7) is 10.3. The van der Waals surface area contributed by atoms with Crippen LogP contribution in [0.4, 0.5) is 13.2 Å². The Hall–Kier alpha value is -0.680. The van der Waals surface area contributed by atoms with Crippen molar-refractivity contribution in [3.63, 3.8) is 0 Å². The molecule has 0 heterocycles. The minimum atomic E-state index is -4.22. The van der Waals surface area contributed by atoms with Crippen molar-refractivity contribution in [2.45, 2.75) is 44.6 Å². The molecule has 1 aromatic carbocycles. The molecule has 0 aliphatic heterocycles. The van der Waals surface area contributed by atoms with E-state index in [0.29, 0.717) is 12.5 Å². The molecule has 5 heteroatoms. The van der Waals surface area contributed by atoms with Crippen LogP contribution in [0.3, 0.4) is 0 Å². The zero-order valence-corrected chi connectivity index (χ0v) is 13.2. The van der Waals surface area contributed by atoms with Gasteiger partial charge in [-0.15, -0.1) is 0 Å². The second kappa shape index (κ2) is 6.85. The van der Waals surface area contributed by atoms with Crippen LogP contribution in [0, 0.1) is 11.3 Å². The van der Waals surface area contributed by atoms with E-state index in [2.05, 4.69) is 33.0 Å². The summed E-state index contributed by atoms with van der Waals surface area (Å²) in [5.74, 6) is 0.570. The molecule has 0 saturated heterocycles. The van der Waals surface area contributed by atoms with E-state index in [0.717, 1.165) is 12.1 Å². The molecule has 1 rings (SSSR count). The van der Waals surface area contributed by atoms with Gasteiger partial charge in [-0.05, 0) is 40.8 Å². The lowest BCUT2D eigenvalue weighted by molar-refractivity contribution is -0.0328. The van der Waals surface area contributed by atoms with Crippen molar-refractivity contribution in [3.8, 4) is 0 Å². The lowest BCUT2D eigenvalue weighted by Gasteiger charge is -2.29. The molecule has 0 spiro atoms. The monoisotopic (exact) mass is 305 g/mol. The maximum Gasteiger partial charge on any atom is 0.446 e. The highest BCUT2D eigenvalue weighted by Crippen LogP contribution is 2.36. The fraction of sp³-hybridized carbons (Fsp3) is 0.600. The van der Waals surface area contributed by atoms with Crippen LogP contribution in [0.2, 0.25) is 0 Å². The van der Waals surface area contributed by atoms with E-state index in [1.165, 1.54) is 12.1 Å². The Morgan fingerprint density at radius 1 is 1.10 bits per heavy atom. The normalized spacial score (nSPS) is 13.0. The van der Waals surface area contributed by atoms with Gasteiger partial charge in [0, 0.05) is 18.0 Å². The third kappa shape index (κ3) is 6.18. The van der Waals surface area contributed by atoms with E-state index in [1.807, 2.05) is 0 Å². The van der Waals surface area contributed by atoms with Crippen molar-refractivity contribution in [1.29, 1.82) is 0 Å². The molecule has 1 aromatic rings. The summed E-state index contributed by atoms with van der Waals surface area (Å²) in [6, 6.07) is 6.51. The summed E-state index contributed by atoms with van der Waals surface area (Å²) in [4.78, 5) is 0.226. The molecule has 0 bridgehead atoms. The van der Waals surface area contributed by atoms with Gasteiger partial charge in [0.2, 0.25) is 0 Å². The molecule has 0 radical (unpaired) electrons. The Balaban J connectivity index is 2.47. The number of thioether (sulfide) groups is 1. The van der Waals surface area contributed by atoms with E-state index in [-0.39, 0.29) is 22.1 Å². The Bertz CT molecular complexity index is 410. The van der Waals surface area contributed by atoms with Crippen molar-refractivity contribution < 1.29 is 13.2 Å². The standard InChI is InChI=1S/C15H22F3NS/c1-11(2)14(3,4)10-19-9-12-5-7-13(8-6-12)20-15(16,17)18/h5-8,11,19H,9-10H2,1-4H3. The van der Waals surface area contributed by atoms with Crippen LogP contribution in [0.5, 0.6) is 0 Å². The zero-order chi connectivity index (χ0) is 15.4. The number of halogens is 3. The van der Waals surface area contributed by atoms with E-state index >= 15 is 0 Å². The summed E-state index contributed by atoms with van der Waals surface area (Å²) in [6.07, 6.45) is 0. The number of hydrogen-bond acceptors (Lipinski definition) is 2. The second-order valence-electron chi connectivity index (χ2n) is 5.94. The van der Waals surface area contributed by atoms with E-state index in [4.69, 9.17) is 0 Å². The smallest absolute Gasteiger partial charge is 0.312 e. The fourth-order valence-electron chi connectivity index (χ4n) is 1.54. The minimum Gasteiger partial charge on any atom is -0.312 e. The molecule has 0 fully saturated rings. The molecule has 0 aromatic heterocycles. The molecular formula is C15H22F3NS. The maximum absolute atomic E-state index is 12.2. The number of benzene rings is 1. The Labute approximate surface area is 123 Å². The minimum absolute atomic E-state index is 0.0790. The molecular weight excluding hydrogens is 283 g/mol. The van der Waals surface area contributed by atoms with E-state index in [1.54, 1.807) is 12.1 Å². The van der Waals surface area contributed by atoms with Crippen molar-refractivity contribution in [2.75, 3.05) is 6.54 Å². The van der Waals surface area contributed by atoms with Gasteiger partial charge in [-0.1, -0.05) is 39.8 Å². The van der Waals surface area contributed by atoms with Crippen LogP contribution < -0.4 is 5.32 Å². The Kier molecular flexibility index (Phi) is 5.95. The van der Waals surface area contributed by atoms with Crippen molar-refractivity contribution in [3.05, 3.63) is 29.8 Å². The number of nitrogens with one attached hydrogen (secondary N) is 1. The van der Waals surface area contributed by atoms with Gasteiger partial charge in [0.25, 0.3) is 0 Å². The first-order valence-electron chi connectivity index (χ1n) is 6.65. The number of hydrogen-bond donors (Lipinski definition) is 1. The third-order valence-corrected chi connectivity index (χ3v) is 4.37. The van der Waals surface area contributed by atoms with Gasteiger partial charge >= 0.3 is 5.51 Å². The average molecular weight is 305 g/mol. The van der Waals surface area contributed by atoms with Gasteiger partial charge in [0.1, 0.15) is 0 Å². The van der Waals surface area contributed by atoms with Gasteiger partial charge in [-0.3, -0.25) is 0 Å².